The fourth-order valence-corrected chi connectivity index (χ4v) is 2.11. The molecule has 0 radical (unpaired) electrons. The van der Waals surface area contributed by atoms with E-state index in [0.29, 0.717) is 13.0 Å². The van der Waals surface area contributed by atoms with Gasteiger partial charge in [-0.1, -0.05) is 30.3 Å². The predicted octanol–water partition coefficient (Wildman–Crippen LogP) is 0.899. The van der Waals surface area contributed by atoms with E-state index in [-0.39, 0.29) is 5.76 Å². The Balaban J connectivity index is 1.91. The van der Waals surface area contributed by atoms with E-state index in [0.717, 1.165) is 11.6 Å². The smallest absolute Gasteiger partial charge is 0.287 e. The Labute approximate surface area is 116 Å². The molecule has 106 valence electrons. The third-order valence-electron chi connectivity index (χ3n) is 2.63. The van der Waals surface area contributed by atoms with Crippen LogP contribution in [-0.4, -0.2) is 20.9 Å². The fourth-order valence-electron chi connectivity index (χ4n) is 1.65. The number of carbonyl (C=O) groups excluding carboxylic acids is 1. The number of rotatable bonds is 5. The van der Waals surface area contributed by atoms with Gasteiger partial charge in [0.15, 0.2) is 5.76 Å². The zero-order chi connectivity index (χ0) is 14.6. The van der Waals surface area contributed by atoms with Crippen LogP contribution in [0.3, 0.4) is 0 Å². The first-order valence-electron chi connectivity index (χ1n) is 5.91. The molecule has 0 aliphatic heterocycles. The van der Waals surface area contributed by atoms with Gasteiger partial charge in [-0.25, -0.2) is 13.6 Å². The van der Waals surface area contributed by atoms with E-state index in [4.69, 9.17) is 9.56 Å². The molecule has 0 aliphatic rings. The van der Waals surface area contributed by atoms with Gasteiger partial charge in [-0.15, -0.1) is 0 Å². The highest BCUT2D eigenvalue weighted by Gasteiger charge is 2.16. The molecule has 0 saturated heterocycles. The van der Waals surface area contributed by atoms with E-state index in [1.165, 1.54) is 6.07 Å². The average molecular weight is 294 g/mol. The van der Waals surface area contributed by atoms with Crippen molar-refractivity contribution >= 4 is 15.9 Å². The minimum Gasteiger partial charge on any atom is -0.438 e. The van der Waals surface area contributed by atoms with Crippen molar-refractivity contribution in [3.05, 3.63) is 53.8 Å². The Morgan fingerprint density at radius 3 is 2.45 bits per heavy atom. The normalized spacial score (nSPS) is 11.2. The molecule has 7 heteroatoms. The first-order chi connectivity index (χ1) is 9.47. The summed E-state index contributed by atoms with van der Waals surface area (Å²) >= 11 is 0. The van der Waals surface area contributed by atoms with E-state index in [2.05, 4.69) is 5.32 Å². The molecule has 1 amide bonds. The van der Waals surface area contributed by atoms with Crippen LogP contribution < -0.4 is 10.5 Å². The molecule has 1 heterocycles. The van der Waals surface area contributed by atoms with Gasteiger partial charge in [-0.2, -0.15) is 0 Å². The van der Waals surface area contributed by atoms with Crippen molar-refractivity contribution in [2.45, 2.75) is 11.5 Å². The van der Waals surface area contributed by atoms with Crippen LogP contribution in [0.1, 0.15) is 16.1 Å². The maximum Gasteiger partial charge on any atom is 0.287 e. The van der Waals surface area contributed by atoms with E-state index < -0.39 is 21.0 Å². The Bertz CT molecular complexity index is 692. The predicted molar refractivity (Wildman–Crippen MR) is 72.6 cm³/mol. The number of benzene rings is 1. The van der Waals surface area contributed by atoms with Gasteiger partial charge in [0.25, 0.3) is 15.9 Å². The Morgan fingerprint density at radius 2 is 1.85 bits per heavy atom. The zero-order valence-corrected chi connectivity index (χ0v) is 11.4. The summed E-state index contributed by atoms with van der Waals surface area (Å²) in [5.74, 6) is -0.557. The standard InChI is InChI=1S/C13H14N2O4S/c14-20(17,18)12-7-6-11(19-12)13(16)15-9-8-10-4-2-1-3-5-10/h1-7H,8-9H2,(H,15,16)(H2,14,17,18). The number of amides is 1. The molecule has 0 atom stereocenters. The molecule has 0 fully saturated rings. The van der Waals surface area contributed by atoms with Crippen molar-refractivity contribution in [1.29, 1.82) is 0 Å². The highest BCUT2D eigenvalue weighted by molar-refractivity contribution is 7.89. The second-order valence-electron chi connectivity index (χ2n) is 4.16. The molecule has 2 aromatic rings. The number of sulfonamides is 1. The van der Waals surface area contributed by atoms with Crippen LogP contribution in [0.25, 0.3) is 0 Å². The van der Waals surface area contributed by atoms with Gasteiger partial charge in [-0.05, 0) is 24.1 Å². The lowest BCUT2D eigenvalue weighted by Crippen LogP contribution is -2.25. The largest absolute Gasteiger partial charge is 0.438 e. The van der Waals surface area contributed by atoms with Crippen molar-refractivity contribution in [3.63, 3.8) is 0 Å². The number of carbonyl (C=O) groups is 1. The quantitative estimate of drug-likeness (QED) is 0.855. The number of nitrogens with one attached hydrogen (secondary N) is 1. The van der Waals surface area contributed by atoms with Crippen molar-refractivity contribution in [3.8, 4) is 0 Å². The third-order valence-corrected chi connectivity index (χ3v) is 3.41. The van der Waals surface area contributed by atoms with Gasteiger partial charge in [0.1, 0.15) is 0 Å². The number of hydrogen-bond donors (Lipinski definition) is 2. The van der Waals surface area contributed by atoms with E-state index in [9.17, 15) is 13.2 Å². The molecule has 1 aromatic carbocycles. The van der Waals surface area contributed by atoms with Gasteiger partial charge >= 0.3 is 0 Å². The van der Waals surface area contributed by atoms with Crippen molar-refractivity contribution in [1.82, 2.24) is 5.32 Å². The Hall–Kier alpha value is -2.12. The monoisotopic (exact) mass is 294 g/mol. The van der Waals surface area contributed by atoms with Crippen LogP contribution in [0.4, 0.5) is 0 Å². The van der Waals surface area contributed by atoms with Crippen LogP contribution in [0.5, 0.6) is 0 Å². The maximum atomic E-state index is 11.7. The third kappa shape index (κ3) is 3.69. The second-order valence-corrected chi connectivity index (χ2v) is 5.65. The molecule has 0 saturated carbocycles. The first kappa shape index (κ1) is 14.3. The molecule has 3 N–H and O–H groups in total. The molecule has 6 nitrogen and oxygen atoms in total. The molecule has 0 unspecified atom stereocenters. The summed E-state index contributed by atoms with van der Waals surface area (Å²) in [5.41, 5.74) is 1.09. The summed E-state index contributed by atoms with van der Waals surface area (Å²) in [6.45, 7) is 0.425. The topological polar surface area (TPSA) is 102 Å². The zero-order valence-electron chi connectivity index (χ0n) is 10.6. The van der Waals surface area contributed by atoms with Gasteiger partial charge in [-0.3, -0.25) is 4.79 Å². The number of nitrogens with two attached hydrogens (primary N) is 1. The highest BCUT2D eigenvalue weighted by Crippen LogP contribution is 2.11. The Morgan fingerprint density at radius 1 is 1.15 bits per heavy atom. The lowest BCUT2D eigenvalue weighted by Gasteiger charge is -2.03. The summed E-state index contributed by atoms with van der Waals surface area (Å²) in [6, 6.07) is 12.1. The summed E-state index contributed by atoms with van der Waals surface area (Å²) in [5, 5.41) is 7.11. The molecule has 0 spiro atoms. The molecule has 0 aliphatic carbocycles. The molecular formula is C13H14N2O4S. The lowest BCUT2D eigenvalue weighted by molar-refractivity contribution is 0.0921. The summed E-state index contributed by atoms with van der Waals surface area (Å²) in [4.78, 5) is 11.7. The Kier molecular flexibility index (Phi) is 4.21. The molecule has 1 aromatic heterocycles. The molecule has 0 bridgehead atoms. The fraction of sp³-hybridized carbons (Fsp3) is 0.154. The van der Waals surface area contributed by atoms with Crippen LogP contribution >= 0.6 is 0 Å². The van der Waals surface area contributed by atoms with Gasteiger partial charge in [0, 0.05) is 6.54 Å². The number of furan rings is 1. The highest BCUT2D eigenvalue weighted by atomic mass is 32.2. The van der Waals surface area contributed by atoms with Crippen LogP contribution in [-0.2, 0) is 16.4 Å². The van der Waals surface area contributed by atoms with Gasteiger partial charge in [0.05, 0.1) is 0 Å². The van der Waals surface area contributed by atoms with Crippen LogP contribution in [0.15, 0.2) is 52.0 Å². The van der Waals surface area contributed by atoms with Crippen LogP contribution in [0, 0.1) is 0 Å². The van der Waals surface area contributed by atoms with E-state index in [1.807, 2.05) is 30.3 Å². The van der Waals surface area contributed by atoms with Crippen LogP contribution in [0.2, 0.25) is 0 Å². The summed E-state index contributed by atoms with van der Waals surface area (Å²) < 4.78 is 26.9. The number of primary sulfonamides is 1. The van der Waals surface area contributed by atoms with Gasteiger partial charge < -0.3 is 9.73 Å². The van der Waals surface area contributed by atoms with Gasteiger partial charge in [0.2, 0.25) is 5.09 Å². The van der Waals surface area contributed by atoms with E-state index in [1.54, 1.807) is 0 Å². The first-order valence-corrected chi connectivity index (χ1v) is 7.46. The minimum absolute atomic E-state index is 0.0814. The van der Waals surface area contributed by atoms with Crippen molar-refractivity contribution < 1.29 is 17.6 Å². The number of hydrogen-bond acceptors (Lipinski definition) is 4. The SMILES string of the molecule is NS(=O)(=O)c1ccc(C(=O)NCCc2ccccc2)o1. The van der Waals surface area contributed by atoms with Crippen molar-refractivity contribution in [2.24, 2.45) is 5.14 Å². The van der Waals surface area contributed by atoms with E-state index >= 15 is 0 Å². The minimum atomic E-state index is -3.93. The lowest BCUT2D eigenvalue weighted by atomic mass is 10.1. The molecule has 20 heavy (non-hydrogen) atoms. The molecule has 2 rings (SSSR count). The van der Waals surface area contributed by atoms with Crippen molar-refractivity contribution in [2.75, 3.05) is 6.54 Å². The maximum absolute atomic E-state index is 11.7. The summed E-state index contributed by atoms with van der Waals surface area (Å²) in [7, 11) is -3.93. The average Bonchev–Trinajstić information content (AvgIpc) is 2.89. The molecular weight excluding hydrogens is 280 g/mol. The second kappa shape index (κ2) is 5.89. The summed E-state index contributed by atoms with van der Waals surface area (Å²) in [6.07, 6.45) is 0.676.